The van der Waals surface area contributed by atoms with E-state index in [-0.39, 0.29) is 29.4 Å². The van der Waals surface area contributed by atoms with E-state index in [9.17, 15) is 19.8 Å². The van der Waals surface area contributed by atoms with Crippen LogP contribution in [0.25, 0.3) is 5.76 Å². The average molecular weight is 458 g/mol. The van der Waals surface area contributed by atoms with Crippen molar-refractivity contribution < 1.29 is 24.5 Å². The molecule has 1 fully saturated rings. The van der Waals surface area contributed by atoms with Gasteiger partial charge in [-0.1, -0.05) is 54.1 Å². The fourth-order valence-corrected chi connectivity index (χ4v) is 4.35. The lowest BCUT2D eigenvalue weighted by Gasteiger charge is -2.26. The number of aryl methyl sites for hydroxylation is 2. The number of carbonyl (C=O) groups is 2. The molecule has 3 aromatic carbocycles. The van der Waals surface area contributed by atoms with E-state index in [4.69, 9.17) is 4.74 Å². The Morgan fingerprint density at radius 3 is 2.44 bits per heavy atom. The SMILES string of the molecule is COc1cc(C2C(=C(O)c3cc(C)ccc3C)C(=O)C(=O)N2CCc2ccccc2)ccc1O. The van der Waals surface area contributed by atoms with Gasteiger partial charge in [0.15, 0.2) is 11.5 Å². The third-order valence-corrected chi connectivity index (χ3v) is 6.19. The summed E-state index contributed by atoms with van der Waals surface area (Å²) < 4.78 is 5.26. The van der Waals surface area contributed by atoms with Crippen LogP contribution in [0.4, 0.5) is 0 Å². The van der Waals surface area contributed by atoms with Crippen molar-refractivity contribution in [2.75, 3.05) is 13.7 Å². The van der Waals surface area contributed by atoms with E-state index in [0.29, 0.717) is 17.5 Å². The number of hydrogen-bond acceptors (Lipinski definition) is 5. The summed E-state index contributed by atoms with van der Waals surface area (Å²) >= 11 is 0. The second-order valence-electron chi connectivity index (χ2n) is 8.48. The van der Waals surface area contributed by atoms with Gasteiger partial charge in [-0.3, -0.25) is 9.59 Å². The molecule has 0 aliphatic carbocycles. The summed E-state index contributed by atoms with van der Waals surface area (Å²) in [4.78, 5) is 27.9. The van der Waals surface area contributed by atoms with Crippen LogP contribution in [0.1, 0.15) is 33.9 Å². The van der Waals surface area contributed by atoms with Crippen LogP contribution in [0.5, 0.6) is 11.5 Å². The highest BCUT2D eigenvalue weighted by molar-refractivity contribution is 6.46. The quantitative estimate of drug-likeness (QED) is 0.319. The van der Waals surface area contributed by atoms with Crippen LogP contribution in [0, 0.1) is 13.8 Å². The van der Waals surface area contributed by atoms with E-state index < -0.39 is 17.7 Å². The Kier molecular flexibility index (Phi) is 6.41. The molecule has 0 spiro atoms. The lowest BCUT2D eigenvalue weighted by molar-refractivity contribution is -0.139. The first-order valence-electron chi connectivity index (χ1n) is 11.1. The highest BCUT2D eigenvalue weighted by Crippen LogP contribution is 2.42. The normalized spacial score (nSPS) is 17.3. The third kappa shape index (κ3) is 4.27. The molecule has 6 nitrogen and oxygen atoms in total. The van der Waals surface area contributed by atoms with Crippen molar-refractivity contribution in [1.29, 1.82) is 0 Å². The molecular weight excluding hydrogens is 430 g/mol. The zero-order chi connectivity index (χ0) is 24.4. The van der Waals surface area contributed by atoms with E-state index in [1.807, 2.05) is 56.3 Å². The number of nitrogens with zero attached hydrogens (tertiary/aromatic N) is 1. The summed E-state index contributed by atoms with van der Waals surface area (Å²) in [5.41, 5.74) is 3.85. The van der Waals surface area contributed by atoms with Gasteiger partial charge in [0.1, 0.15) is 5.76 Å². The van der Waals surface area contributed by atoms with Gasteiger partial charge in [-0.25, -0.2) is 0 Å². The number of benzene rings is 3. The number of phenolic OH excluding ortho intramolecular Hbond substituents is 1. The first-order valence-corrected chi connectivity index (χ1v) is 11.1. The predicted molar refractivity (Wildman–Crippen MR) is 130 cm³/mol. The standard InChI is InChI=1S/C28H27NO5/c1-17-9-10-18(2)21(15-17)26(31)24-25(20-11-12-22(30)23(16-20)34-3)29(28(33)27(24)32)14-13-19-7-5-4-6-8-19/h4-12,15-16,25,30-31H,13-14H2,1-3H3. The Morgan fingerprint density at radius 2 is 1.74 bits per heavy atom. The molecule has 0 radical (unpaired) electrons. The number of aliphatic hydroxyl groups is 1. The van der Waals surface area contributed by atoms with Crippen LogP contribution in [-0.2, 0) is 16.0 Å². The van der Waals surface area contributed by atoms with Gasteiger partial charge in [-0.2, -0.15) is 0 Å². The smallest absolute Gasteiger partial charge is 0.295 e. The highest BCUT2D eigenvalue weighted by atomic mass is 16.5. The van der Waals surface area contributed by atoms with E-state index in [0.717, 1.165) is 16.7 Å². The molecule has 1 atom stereocenters. The number of carbonyl (C=O) groups excluding carboxylic acids is 2. The van der Waals surface area contributed by atoms with Crippen molar-refractivity contribution in [2.24, 2.45) is 0 Å². The van der Waals surface area contributed by atoms with Crippen LogP contribution in [0.15, 0.2) is 72.3 Å². The molecule has 3 aromatic rings. The lowest BCUT2D eigenvalue weighted by atomic mass is 9.93. The zero-order valence-electron chi connectivity index (χ0n) is 19.4. The van der Waals surface area contributed by atoms with Crippen LogP contribution >= 0.6 is 0 Å². The molecule has 1 aliphatic rings. The monoisotopic (exact) mass is 457 g/mol. The molecule has 2 N–H and O–H groups in total. The largest absolute Gasteiger partial charge is 0.507 e. The number of methoxy groups -OCH3 is 1. The van der Waals surface area contributed by atoms with E-state index in [1.165, 1.54) is 18.1 Å². The Hall–Kier alpha value is -4.06. The van der Waals surface area contributed by atoms with Crippen molar-refractivity contribution >= 4 is 17.4 Å². The number of amides is 1. The first kappa shape index (κ1) is 23.1. The minimum absolute atomic E-state index is 0.0273. The maximum absolute atomic E-state index is 13.3. The second kappa shape index (κ2) is 9.43. The van der Waals surface area contributed by atoms with E-state index in [2.05, 4.69) is 0 Å². The lowest BCUT2D eigenvalue weighted by Crippen LogP contribution is -2.31. The number of likely N-dealkylation sites (tertiary alicyclic amines) is 1. The number of aromatic hydroxyl groups is 1. The maximum Gasteiger partial charge on any atom is 0.295 e. The van der Waals surface area contributed by atoms with Gasteiger partial charge in [0.25, 0.3) is 11.7 Å². The average Bonchev–Trinajstić information content (AvgIpc) is 3.09. The number of phenols is 1. The predicted octanol–water partition coefficient (Wildman–Crippen LogP) is 4.68. The summed E-state index contributed by atoms with van der Waals surface area (Å²) in [6.45, 7) is 4.03. The number of hydrogen-bond donors (Lipinski definition) is 2. The van der Waals surface area contributed by atoms with Crippen LogP contribution in [0.2, 0.25) is 0 Å². The van der Waals surface area contributed by atoms with Gasteiger partial charge in [0.05, 0.1) is 18.7 Å². The molecule has 1 amide bonds. The van der Waals surface area contributed by atoms with Gasteiger partial charge in [0, 0.05) is 12.1 Å². The second-order valence-corrected chi connectivity index (χ2v) is 8.48. The molecule has 4 rings (SSSR count). The molecule has 1 saturated heterocycles. The Bertz CT molecular complexity index is 1280. The van der Waals surface area contributed by atoms with Crippen molar-refractivity contribution in [2.45, 2.75) is 26.3 Å². The fourth-order valence-electron chi connectivity index (χ4n) is 4.35. The highest BCUT2D eigenvalue weighted by Gasteiger charge is 2.46. The molecule has 1 heterocycles. The Labute approximate surface area is 198 Å². The Morgan fingerprint density at radius 1 is 1.00 bits per heavy atom. The minimum atomic E-state index is -0.821. The van der Waals surface area contributed by atoms with Crippen LogP contribution in [-0.4, -0.2) is 40.5 Å². The number of aliphatic hydroxyl groups excluding tert-OH is 1. The first-order chi connectivity index (χ1) is 16.3. The number of rotatable bonds is 6. The molecule has 0 bridgehead atoms. The number of Topliss-reactive ketones (excluding diaryl/α,β-unsaturated/α-hetero) is 1. The van der Waals surface area contributed by atoms with Gasteiger partial charge in [-0.05, 0) is 55.2 Å². The molecule has 0 aromatic heterocycles. The molecule has 6 heteroatoms. The van der Waals surface area contributed by atoms with Gasteiger partial charge >= 0.3 is 0 Å². The summed E-state index contributed by atoms with van der Waals surface area (Å²) in [6.07, 6.45) is 0.545. The van der Waals surface area contributed by atoms with Crippen LogP contribution in [0.3, 0.4) is 0 Å². The Balaban J connectivity index is 1.86. The fraction of sp³-hybridized carbons (Fsp3) is 0.214. The number of ketones is 1. The summed E-state index contributed by atoms with van der Waals surface area (Å²) in [5.74, 6) is -1.44. The van der Waals surface area contributed by atoms with Crippen LogP contribution < -0.4 is 4.74 Å². The molecular formula is C28H27NO5. The zero-order valence-corrected chi connectivity index (χ0v) is 19.4. The van der Waals surface area contributed by atoms with E-state index >= 15 is 0 Å². The maximum atomic E-state index is 13.3. The molecule has 1 unspecified atom stereocenters. The molecule has 1 aliphatic heterocycles. The van der Waals surface area contributed by atoms with Crippen molar-refractivity contribution in [3.63, 3.8) is 0 Å². The van der Waals surface area contributed by atoms with Crippen molar-refractivity contribution in [3.05, 3.63) is 100 Å². The summed E-state index contributed by atoms with van der Waals surface area (Å²) in [7, 11) is 1.43. The van der Waals surface area contributed by atoms with E-state index in [1.54, 1.807) is 18.2 Å². The molecule has 174 valence electrons. The van der Waals surface area contributed by atoms with Crippen molar-refractivity contribution in [3.8, 4) is 11.5 Å². The minimum Gasteiger partial charge on any atom is -0.507 e. The van der Waals surface area contributed by atoms with Gasteiger partial charge < -0.3 is 19.8 Å². The van der Waals surface area contributed by atoms with Gasteiger partial charge in [0.2, 0.25) is 0 Å². The topological polar surface area (TPSA) is 87.1 Å². The molecule has 34 heavy (non-hydrogen) atoms. The third-order valence-electron chi connectivity index (χ3n) is 6.19. The number of ether oxygens (including phenoxy) is 1. The van der Waals surface area contributed by atoms with Gasteiger partial charge in [-0.15, -0.1) is 0 Å². The van der Waals surface area contributed by atoms with Crippen molar-refractivity contribution in [1.82, 2.24) is 4.90 Å². The molecule has 0 saturated carbocycles. The summed E-state index contributed by atoms with van der Waals surface area (Å²) in [6, 6.07) is 19.2. The summed E-state index contributed by atoms with van der Waals surface area (Å²) in [5, 5.41) is 21.4.